The van der Waals surface area contributed by atoms with Gasteiger partial charge in [-0.3, -0.25) is 0 Å². The lowest BCUT2D eigenvalue weighted by atomic mass is 9.89. The van der Waals surface area contributed by atoms with E-state index in [1.165, 1.54) is 17.6 Å². The number of ether oxygens (including phenoxy) is 2. The first-order valence-electron chi connectivity index (χ1n) is 16.0. The number of benzene rings is 2. The second-order valence-electron chi connectivity index (χ2n) is 14.6. The Morgan fingerprint density at radius 3 is 2.05 bits per heavy atom. The molecule has 0 bridgehead atoms. The highest BCUT2D eigenvalue weighted by atomic mass is 16.6. The molecule has 0 saturated heterocycles. The summed E-state index contributed by atoms with van der Waals surface area (Å²) in [7, 11) is 0. The van der Waals surface area contributed by atoms with Crippen molar-refractivity contribution in [3.05, 3.63) is 76.9 Å². The number of nitrogens with zero attached hydrogens (tertiary/aromatic N) is 1. The Morgan fingerprint density at radius 1 is 0.884 bits per heavy atom. The number of nitrogens with one attached hydrogen (secondary N) is 1. The van der Waals surface area contributed by atoms with Crippen LogP contribution in [-0.4, -0.2) is 46.3 Å². The SMILES string of the molecule is CC(C)C(=Cc1ccccc1)[C@@H]1C[C@H]1N[C@H]1CC[C@@H](N(Cc2ccc(C(=O)OC(C)(C)C)cc2)C(=O)OC(C)(C)C)CC1. The first-order chi connectivity index (χ1) is 20.2. The van der Waals surface area contributed by atoms with Gasteiger partial charge < -0.3 is 19.7 Å². The molecule has 1 amide bonds. The van der Waals surface area contributed by atoms with Gasteiger partial charge in [0.15, 0.2) is 0 Å². The lowest BCUT2D eigenvalue weighted by Crippen LogP contribution is -2.47. The average Bonchev–Trinajstić information content (AvgIpc) is 3.68. The largest absolute Gasteiger partial charge is 0.456 e. The molecule has 0 aromatic heterocycles. The topological polar surface area (TPSA) is 67.9 Å². The molecule has 6 heteroatoms. The summed E-state index contributed by atoms with van der Waals surface area (Å²) in [4.78, 5) is 27.8. The minimum atomic E-state index is -0.572. The Bertz CT molecular complexity index is 1250. The van der Waals surface area contributed by atoms with E-state index < -0.39 is 11.2 Å². The summed E-state index contributed by atoms with van der Waals surface area (Å²) in [6.45, 7) is 16.3. The van der Waals surface area contributed by atoms with Gasteiger partial charge >= 0.3 is 12.1 Å². The number of rotatable bonds is 9. The fourth-order valence-corrected chi connectivity index (χ4v) is 5.99. The summed E-state index contributed by atoms with van der Waals surface area (Å²) < 4.78 is 11.3. The molecule has 0 spiro atoms. The average molecular weight is 589 g/mol. The normalized spacial score (nSPS) is 22.7. The number of carbonyl (C=O) groups is 2. The first kappa shape index (κ1) is 32.8. The summed E-state index contributed by atoms with van der Waals surface area (Å²) in [6, 6.07) is 19.1. The second-order valence-corrected chi connectivity index (χ2v) is 14.6. The summed E-state index contributed by atoms with van der Waals surface area (Å²) in [6.07, 6.45) is 7.22. The predicted octanol–water partition coefficient (Wildman–Crippen LogP) is 8.41. The molecule has 2 fully saturated rings. The molecule has 6 nitrogen and oxygen atoms in total. The van der Waals surface area contributed by atoms with Crippen molar-refractivity contribution in [2.75, 3.05) is 0 Å². The van der Waals surface area contributed by atoms with Gasteiger partial charge in [0.25, 0.3) is 0 Å². The predicted molar refractivity (Wildman–Crippen MR) is 174 cm³/mol. The number of hydrogen-bond acceptors (Lipinski definition) is 5. The molecular formula is C37H52N2O4. The highest BCUT2D eigenvalue weighted by molar-refractivity contribution is 5.89. The van der Waals surface area contributed by atoms with Crippen LogP contribution in [0.15, 0.2) is 60.2 Å². The van der Waals surface area contributed by atoms with Gasteiger partial charge in [-0.15, -0.1) is 0 Å². The van der Waals surface area contributed by atoms with Crippen molar-refractivity contribution in [3.63, 3.8) is 0 Å². The van der Waals surface area contributed by atoms with E-state index in [-0.39, 0.29) is 18.1 Å². The highest BCUT2D eigenvalue weighted by Crippen LogP contribution is 2.42. The van der Waals surface area contributed by atoms with Crippen LogP contribution >= 0.6 is 0 Å². The zero-order valence-electron chi connectivity index (χ0n) is 27.5. The Balaban J connectivity index is 1.36. The summed E-state index contributed by atoms with van der Waals surface area (Å²) >= 11 is 0. The highest BCUT2D eigenvalue weighted by Gasteiger charge is 2.42. The van der Waals surface area contributed by atoms with Crippen molar-refractivity contribution < 1.29 is 19.1 Å². The standard InChI is InChI=1S/C37H52N2O4/c1-25(2)31(22-26-12-10-9-11-13-26)32-23-33(32)38-29-18-20-30(21-19-29)39(35(41)43-37(6,7)8)24-27-14-16-28(17-15-27)34(40)42-36(3,4)5/h9-17,22,25,29-30,32-33,38H,18-21,23-24H2,1-8H3/t29-,30+,32-,33+/m0/s1. The maximum absolute atomic E-state index is 13.4. The van der Waals surface area contributed by atoms with Crippen LogP contribution in [0.1, 0.15) is 109 Å². The van der Waals surface area contributed by atoms with Gasteiger partial charge in [0.05, 0.1) is 5.56 Å². The molecule has 4 rings (SSSR count). The second kappa shape index (κ2) is 13.7. The van der Waals surface area contributed by atoms with Crippen molar-refractivity contribution in [1.29, 1.82) is 0 Å². The molecule has 0 aliphatic heterocycles. The van der Waals surface area contributed by atoms with Crippen molar-refractivity contribution >= 4 is 18.1 Å². The molecular weight excluding hydrogens is 536 g/mol. The molecule has 2 aromatic rings. The van der Waals surface area contributed by atoms with Crippen LogP contribution in [0.4, 0.5) is 4.79 Å². The van der Waals surface area contributed by atoms with E-state index in [0.29, 0.717) is 36.0 Å². The third-order valence-electron chi connectivity index (χ3n) is 8.17. The molecule has 0 unspecified atom stereocenters. The number of amides is 1. The van der Waals surface area contributed by atoms with Gasteiger partial charge in [-0.05, 0) is 109 Å². The zero-order chi connectivity index (χ0) is 31.4. The van der Waals surface area contributed by atoms with E-state index in [0.717, 1.165) is 31.2 Å². The number of carbonyl (C=O) groups excluding carboxylic acids is 2. The van der Waals surface area contributed by atoms with Gasteiger partial charge in [-0.2, -0.15) is 0 Å². The molecule has 43 heavy (non-hydrogen) atoms. The fraction of sp³-hybridized carbons (Fsp3) is 0.568. The van der Waals surface area contributed by atoms with Crippen molar-refractivity contribution in [2.24, 2.45) is 11.8 Å². The summed E-state index contributed by atoms with van der Waals surface area (Å²) in [5.41, 5.74) is 3.16. The van der Waals surface area contributed by atoms with Crippen LogP contribution in [0.25, 0.3) is 6.08 Å². The molecule has 234 valence electrons. The van der Waals surface area contributed by atoms with E-state index in [2.05, 4.69) is 55.6 Å². The fourth-order valence-electron chi connectivity index (χ4n) is 5.99. The van der Waals surface area contributed by atoms with Crippen LogP contribution in [0.3, 0.4) is 0 Å². The van der Waals surface area contributed by atoms with Crippen molar-refractivity contribution in [2.45, 2.75) is 123 Å². The Kier molecular flexibility index (Phi) is 10.4. The van der Waals surface area contributed by atoms with Crippen LogP contribution in [0.2, 0.25) is 0 Å². The van der Waals surface area contributed by atoms with Gasteiger partial charge in [-0.25, -0.2) is 9.59 Å². The Hall–Kier alpha value is -3.12. The molecule has 2 saturated carbocycles. The first-order valence-corrected chi connectivity index (χ1v) is 16.0. The Morgan fingerprint density at radius 2 is 1.49 bits per heavy atom. The van der Waals surface area contributed by atoms with Crippen molar-refractivity contribution in [1.82, 2.24) is 10.2 Å². The lowest BCUT2D eigenvalue weighted by molar-refractivity contribution is 0.00616. The smallest absolute Gasteiger partial charge is 0.410 e. The molecule has 2 aromatic carbocycles. The molecule has 1 N–H and O–H groups in total. The van der Waals surface area contributed by atoms with Crippen LogP contribution in [0, 0.1) is 11.8 Å². The van der Waals surface area contributed by atoms with Gasteiger partial charge in [0, 0.05) is 24.7 Å². The molecule has 2 atom stereocenters. The van der Waals surface area contributed by atoms with Crippen LogP contribution in [-0.2, 0) is 16.0 Å². The van der Waals surface area contributed by atoms with E-state index in [1.807, 2.05) is 58.6 Å². The Labute approximate surface area is 259 Å². The van der Waals surface area contributed by atoms with E-state index in [1.54, 1.807) is 12.1 Å². The van der Waals surface area contributed by atoms with Gasteiger partial charge in [-0.1, -0.05) is 68.0 Å². The van der Waals surface area contributed by atoms with Crippen LogP contribution < -0.4 is 5.32 Å². The maximum Gasteiger partial charge on any atom is 0.410 e. The third kappa shape index (κ3) is 9.96. The number of hydrogen-bond donors (Lipinski definition) is 1. The molecule has 2 aliphatic carbocycles. The van der Waals surface area contributed by atoms with Gasteiger partial charge in [0.1, 0.15) is 11.2 Å². The molecule has 0 heterocycles. The maximum atomic E-state index is 13.4. The van der Waals surface area contributed by atoms with Gasteiger partial charge in [0.2, 0.25) is 0 Å². The summed E-state index contributed by atoms with van der Waals surface area (Å²) in [5.74, 6) is 0.774. The molecule has 2 aliphatic rings. The van der Waals surface area contributed by atoms with Crippen LogP contribution in [0.5, 0.6) is 0 Å². The zero-order valence-corrected chi connectivity index (χ0v) is 27.5. The minimum absolute atomic E-state index is 0.109. The third-order valence-corrected chi connectivity index (χ3v) is 8.17. The van der Waals surface area contributed by atoms with E-state index >= 15 is 0 Å². The summed E-state index contributed by atoms with van der Waals surface area (Å²) in [5, 5.41) is 3.95. The monoisotopic (exact) mass is 588 g/mol. The van der Waals surface area contributed by atoms with E-state index in [4.69, 9.17) is 9.47 Å². The number of esters is 1. The van der Waals surface area contributed by atoms with E-state index in [9.17, 15) is 9.59 Å². The van der Waals surface area contributed by atoms with Crippen molar-refractivity contribution in [3.8, 4) is 0 Å². The minimum Gasteiger partial charge on any atom is -0.456 e. The molecule has 0 radical (unpaired) electrons. The lowest BCUT2D eigenvalue weighted by Gasteiger charge is -2.38. The quantitative estimate of drug-likeness (QED) is 0.298.